The molecule has 3 aromatic carbocycles. The van der Waals surface area contributed by atoms with E-state index < -0.39 is 0 Å². The molecule has 37 heavy (non-hydrogen) atoms. The summed E-state index contributed by atoms with van der Waals surface area (Å²) in [6.07, 6.45) is 8.20. The largest absolute Gasteiger partial charge is 0.493 e. The van der Waals surface area contributed by atoms with Crippen molar-refractivity contribution in [2.75, 3.05) is 20.3 Å². The van der Waals surface area contributed by atoms with Crippen molar-refractivity contribution < 1.29 is 14.3 Å². The smallest absolute Gasteiger partial charge is 0.243 e. The Morgan fingerprint density at radius 3 is 2.49 bits per heavy atom. The molecule has 0 saturated carbocycles. The molecule has 0 bridgehead atoms. The van der Waals surface area contributed by atoms with Crippen LogP contribution in [0.4, 0.5) is 0 Å². The number of ether oxygens (including phenoxy) is 2. The molecule has 1 aromatic heterocycles. The number of carbonyl (C=O) groups excluding carboxylic acids is 1. The van der Waals surface area contributed by atoms with Gasteiger partial charge in [0.1, 0.15) is 5.82 Å². The van der Waals surface area contributed by atoms with E-state index in [0.29, 0.717) is 13.2 Å². The molecule has 0 spiro atoms. The van der Waals surface area contributed by atoms with Crippen LogP contribution in [0.25, 0.3) is 17.1 Å². The van der Waals surface area contributed by atoms with Gasteiger partial charge in [0.2, 0.25) is 5.91 Å². The number of imidazole rings is 1. The molecule has 6 nitrogen and oxygen atoms in total. The van der Waals surface area contributed by atoms with Crippen LogP contribution in [-0.4, -0.2) is 35.7 Å². The number of fused-ring (bicyclic) bond motifs is 1. The Morgan fingerprint density at radius 1 is 0.892 bits per heavy atom. The summed E-state index contributed by atoms with van der Waals surface area (Å²) < 4.78 is 13.7. The second-order valence-corrected chi connectivity index (χ2v) is 8.87. The molecule has 0 saturated heterocycles. The van der Waals surface area contributed by atoms with Gasteiger partial charge >= 0.3 is 0 Å². The number of rotatable bonds is 14. The van der Waals surface area contributed by atoms with Crippen molar-refractivity contribution in [1.29, 1.82) is 0 Å². The Labute approximate surface area is 218 Å². The van der Waals surface area contributed by atoms with E-state index in [9.17, 15) is 4.79 Å². The Balaban J connectivity index is 1.22. The zero-order valence-corrected chi connectivity index (χ0v) is 21.4. The third-order valence-corrected chi connectivity index (χ3v) is 6.19. The molecule has 0 aliphatic carbocycles. The molecule has 0 aliphatic rings. The number of nitrogens with zero attached hydrogens (tertiary/aromatic N) is 2. The fourth-order valence-corrected chi connectivity index (χ4v) is 4.30. The van der Waals surface area contributed by atoms with Crippen LogP contribution >= 0.6 is 0 Å². The number of carbonyl (C=O) groups is 1. The summed E-state index contributed by atoms with van der Waals surface area (Å²) in [5.41, 5.74) is 3.21. The maximum atomic E-state index is 12.0. The molecule has 192 valence electrons. The Morgan fingerprint density at radius 2 is 1.65 bits per heavy atom. The van der Waals surface area contributed by atoms with Gasteiger partial charge in [0, 0.05) is 25.6 Å². The van der Waals surface area contributed by atoms with E-state index in [1.54, 1.807) is 13.2 Å². The van der Waals surface area contributed by atoms with Gasteiger partial charge in [0.25, 0.3) is 0 Å². The molecule has 0 unspecified atom stereocenters. The normalized spacial score (nSPS) is 11.2. The van der Waals surface area contributed by atoms with E-state index in [4.69, 9.17) is 14.5 Å². The first-order valence-corrected chi connectivity index (χ1v) is 13.0. The second kappa shape index (κ2) is 13.9. The third kappa shape index (κ3) is 7.71. The molecular formula is C31H35N3O3. The van der Waals surface area contributed by atoms with Crippen molar-refractivity contribution in [2.45, 2.75) is 38.6 Å². The van der Waals surface area contributed by atoms with E-state index in [1.807, 2.05) is 66.7 Å². The fraction of sp³-hybridized carbons (Fsp3) is 0.290. The van der Waals surface area contributed by atoms with Crippen LogP contribution in [-0.2, 0) is 17.8 Å². The van der Waals surface area contributed by atoms with Gasteiger partial charge in [-0.05, 0) is 55.2 Å². The van der Waals surface area contributed by atoms with Crippen molar-refractivity contribution in [3.8, 4) is 11.5 Å². The molecule has 0 aliphatic heterocycles. The highest BCUT2D eigenvalue weighted by molar-refractivity contribution is 5.91. The number of unbranched alkanes of at least 4 members (excludes halogenated alkanes) is 2. The van der Waals surface area contributed by atoms with Gasteiger partial charge in [-0.25, -0.2) is 4.98 Å². The van der Waals surface area contributed by atoms with E-state index in [-0.39, 0.29) is 5.91 Å². The number of nitrogens with one attached hydrogen (secondary N) is 1. The van der Waals surface area contributed by atoms with E-state index in [0.717, 1.165) is 72.6 Å². The van der Waals surface area contributed by atoms with Gasteiger partial charge < -0.3 is 19.4 Å². The van der Waals surface area contributed by atoms with Crippen LogP contribution < -0.4 is 14.8 Å². The SMILES string of the molecule is COc1ccccc1OCCCn1c(CCCCCNC(=O)/C=C/c2ccccc2)nc2ccccc21. The number of benzene rings is 3. The van der Waals surface area contributed by atoms with Crippen LogP contribution in [0.2, 0.25) is 0 Å². The lowest BCUT2D eigenvalue weighted by Crippen LogP contribution is -2.22. The van der Waals surface area contributed by atoms with Crippen molar-refractivity contribution in [1.82, 2.24) is 14.9 Å². The highest BCUT2D eigenvalue weighted by Crippen LogP contribution is 2.26. The average Bonchev–Trinajstić information content (AvgIpc) is 3.29. The van der Waals surface area contributed by atoms with Gasteiger partial charge in [0.15, 0.2) is 11.5 Å². The summed E-state index contributed by atoms with van der Waals surface area (Å²) in [6, 6.07) is 25.9. The van der Waals surface area contributed by atoms with E-state index in [2.05, 4.69) is 28.1 Å². The molecule has 0 fully saturated rings. The number of aromatic nitrogens is 2. The number of hydrogen-bond donors (Lipinski definition) is 1. The number of para-hydroxylation sites is 4. The predicted molar refractivity (Wildman–Crippen MR) is 149 cm³/mol. The summed E-state index contributed by atoms with van der Waals surface area (Å²) in [5, 5.41) is 2.97. The molecule has 4 aromatic rings. The number of hydrogen-bond acceptors (Lipinski definition) is 4. The maximum Gasteiger partial charge on any atom is 0.243 e. The highest BCUT2D eigenvalue weighted by Gasteiger charge is 2.10. The highest BCUT2D eigenvalue weighted by atomic mass is 16.5. The van der Waals surface area contributed by atoms with Crippen LogP contribution in [0.3, 0.4) is 0 Å². The summed E-state index contributed by atoms with van der Waals surface area (Å²) in [5.74, 6) is 2.57. The summed E-state index contributed by atoms with van der Waals surface area (Å²) in [7, 11) is 1.66. The standard InChI is InChI=1S/C31H35N3O3/c1-36-28-17-9-10-18-29(28)37-24-12-23-34-27-16-8-7-15-26(27)33-30(34)19-6-3-11-22-32-31(35)21-20-25-13-4-2-5-14-25/h2,4-5,7-10,13-18,20-21H,3,6,11-12,19,22-24H2,1H3,(H,32,35)/b21-20+. The zero-order chi connectivity index (χ0) is 25.7. The van der Waals surface area contributed by atoms with Crippen LogP contribution in [0, 0.1) is 0 Å². The van der Waals surface area contributed by atoms with Crippen molar-refractivity contribution in [3.05, 3.63) is 96.3 Å². The topological polar surface area (TPSA) is 65.4 Å². The first-order valence-electron chi connectivity index (χ1n) is 13.0. The first-order chi connectivity index (χ1) is 18.2. The molecule has 6 heteroatoms. The van der Waals surface area contributed by atoms with Gasteiger partial charge in [0.05, 0.1) is 24.8 Å². The molecule has 0 atom stereocenters. The summed E-state index contributed by atoms with van der Waals surface area (Å²) in [6.45, 7) is 2.12. The molecule has 4 rings (SSSR count). The van der Waals surface area contributed by atoms with Gasteiger partial charge in [-0.1, -0.05) is 61.0 Å². The van der Waals surface area contributed by atoms with Crippen LogP contribution in [0.15, 0.2) is 84.9 Å². The summed E-state index contributed by atoms with van der Waals surface area (Å²) >= 11 is 0. The molecule has 1 amide bonds. The molecule has 1 heterocycles. The Hall–Kier alpha value is -4.06. The number of methoxy groups -OCH3 is 1. The lowest BCUT2D eigenvalue weighted by molar-refractivity contribution is -0.116. The monoisotopic (exact) mass is 497 g/mol. The van der Waals surface area contributed by atoms with Gasteiger partial charge in [-0.15, -0.1) is 0 Å². The third-order valence-electron chi connectivity index (χ3n) is 6.19. The van der Waals surface area contributed by atoms with Gasteiger partial charge in [-0.3, -0.25) is 4.79 Å². The lowest BCUT2D eigenvalue weighted by atomic mass is 10.2. The van der Waals surface area contributed by atoms with E-state index >= 15 is 0 Å². The van der Waals surface area contributed by atoms with Crippen molar-refractivity contribution >= 4 is 23.0 Å². The fourth-order valence-electron chi connectivity index (χ4n) is 4.30. The minimum Gasteiger partial charge on any atom is -0.493 e. The molecular weight excluding hydrogens is 462 g/mol. The zero-order valence-electron chi connectivity index (χ0n) is 21.4. The van der Waals surface area contributed by atoms with Crippen LogP contribution in [0.5, 0.6) is 11.5 Å². The quantitative estimate of drug-likeness (QED) is 0.170. The van der Waals surface area contributed by atoms with Gasteiger partial charge in [-0.2, -0.15) is 0 Å². The van der Waals surface area contributed by atoms with Crippen molar-refractivity contribution in [3.63, 3.8) is 0 Å². The Bertz CT molecular complexity index is 1300. The minimum absolute atomic E-state index is 0.0546. The first kappa shape index (κ1) is 26.0. The number of aryl methyl sites for hydroxylation is 2. The van der Waals surface area contributed by atoms with Crippen LogP contribution in [0.1, 0.15) is 37.1 Å². The number of amides is 1. The summed E-state index contributed by atoms with van der Waals surface area (Å²) in [4.78, 5) is 16.9. The average molecular weight is 498 g/mol. The molecule has 1 N–H and O–H groups in total. The van der Waals surface area contributed by atoms with E-state index in [1.165, 1.54) is 0 Å². The second-order valence-electron chi connectivity index (χ2n) is 8.87. The lowest BCUT2D eigenvalue weighted by Gasteiger charge is -2.12. The minimum atomic E-state index is -0.0546. The maximum absolute atomic E-state index is 12.0. The van der Waals surface area contributed by atoms with Crippen molar-refractivity contribution in [2.24, 2.45) is 0 Å². The molecule has 0 radical (unpaired) electrons. The Kier molecular flexibility index (Phi) is 9.76. The predicted octanol–water partition coefficient (Wildman–Crippen LogP) is 6.06.